The molecule has 0 spiro atoms. The van der Waals surface area contributed by atoms with Crippen molar-refractivity contribution in [3.05, 3.63) is 50.8 Å². The number of aromatic nitrogens is 2. The van der Waals surface area contributed by atoms with E-state index in [1.807, 2.05) is 24.3 Å². The van der Waals surface area contributed by atoms with E-state index in [0.29, 0.717) is 6.42 Å². The number of anilines is 1. The molecule has 0 radical (unpaired) electrons. The van der Waals surface area contributed by atoms with Gasteiger partial charge in [0.05, 0.1) is 10.2 Å². The van der Waals surface area contributed by atoms with Crippen LogP contribution in [0.4, 0.5) is 5.82 Å². The van der Waals surface area contributed by atoms with Gasteiger partial charge in [-0.2, -0.15) is 0 Å². The summed E-state index contributed by atoms with van der Waals surface area (Å²) in [5.74, 6) is 1.69. The second kappa shape index (κ2) is 7.04. The van der Waals surface area contributed by atoms with Gasteiger partial charge in [0.2, 0.25) is 0 Å². The lowest BCUT2D eigenvalue weighted by Crippen LogP contribution is -2.08. The fourth-order valence-corrected chi connectivity index (χ4v) is 2.65. The maximum absolute atomic E-state index is 5.90. The van der Waals surface area contributed by atoms with Crippen LogP contribution in [-0.2, 0) is 12.8 Å². The van der Waals surface area contributed by atoms with Crippen molar-refractivity contribution in [3.63, 3.8) is 0 Å². The number of benzene rings is 1. The Labute approximate surface area is 132 Å². The molecule has 1 aromatic carbocycles. The van der Waals surface area contributed by atoms with Crippen LogP contribution in [0, 0.1) is 0 Å². The first-order valence-corrected chi connectivity index (χ1v) is 7.84. The van der Waals surface area contributed by atoms with Gasteiger partial charge in [0.15, 0.2) is 0 Å². The molecule has 1 heterocycles. The van der Waals surface area contributed by atoms with E-state index in [9.17, 15) is 0 Å². The molecule has 0 bridgehead atoms. The van der Waals surface area contributed by atoms with Gasteiger partial charge in [-0.25, -0.2) is 9.97 Å². The minimum Gasteiger partial charge on any atom is -0.369 e. The third-order valence-electron chi connectivity index (χ3n) is 2.92. The van der Waals surface area contributed by atoms with Gasteiger partial charge < -0.3 is 5.32 Å². The maximum atomic E-state index is 5.90. The molecule has 0 amide bonds. The van der Waals surface area contributed by atoms with Crippen molar-refractivity contribution in [2.24, 2.45) is 0 Å². The summed E-state index contributed by atoms with van der Waals surface area (Å²) >= 11 is 9.47. The molecule has 0 unspecified atom stereocenters. The Morgan fingerprint density at radius 2 is 1.85 bits per heavy atom. The zero-order chi connectivity index (χ0) is 14.5. The third-order valence-corrected chi connectivity index (χ3v) is 4.01. The molecule has 0 atom stereocenters. The predicted molar refractivity (Wildman–Crippen MR) is 87.5 cm³/mol. The van der Waals surface area contributed by atoms with Crippen molar-refractivity contribution < 1.29 is 0 Å². The molecule has 0 fully saturated rings. The van der Waals surface area contributed by atoms with Crippen molar-refractivity contribution in [2.75, 3.05) is 11.9 Å². The number of halogens is 2. The van der Waals surface area contributed by atoms with Crippen LogP contribution in [0.2, 0.25) is 5.02 Å². The first kappa shape index (κ1) is 15.3. The first-order valence-electron chi connectivity index (χ1n) is 6.67. The number of aryl methyl sites for hydroxylation is 1. The first-order chi connectivity index (χ1) is 9.63. The van der Waals surface area contributed by atoms with E-state index in [-0.39, 0.29) is 0 Å². The van der Waals surface area contributed by atoms with E-state index in [2.05, 4.69) is 45.1 Å². The number of rotatable bonds is 5. The maximum Gasteiger partial charge on any atom is 0.144 e. The van der Waals surface area contributed by atoms with Gasteiger partial charge in [0, 0.05) is 18.0 Å². The molecular formula is C15H17BrClN3. The van der Waals surface area contributed by atoms with E-state index in [0.717, 1.165) is 45.4 Å². The highest BCUT2D eigenvalue weighted by Crippen LogP contribution is 2.24. The molecule has 0 aliphatic heterocycles. The summed E-state index contributed by atoms with van der Waals surface area (Å²) in [6, 6.07) is 7.79. The number of hydrogen-bond acceptors (Lipinski definition) is 3. The molecule has 1 aromatic heterocycles. The smallest absolute Gasteiger partial charge is 0.144 e. The number of nitrogens with zero attached hydrogens (tertiary/aromatic N) is 2. The Morgan fingerprint density at radius 1 is 1.15 bits per heavy atom. The Hall–Kier alpha value is -1.13. The summed E-state index contributed by atoms with van der Waals surface area (Å²) in [5, 5.41) is 4.01. The summed E-state index contributed by atoms with van der Waals surface area (Å²) in [6.45, 7) is 4.98. The Morgan fingerprint density at radius 3 is 2.45 bits per heavy atom. The molecule has 1 N–H and O–H groups in total. The van der Waals surface area contributed by atoms with E-state index in [1.54, 1.807) is 0 Å². The van der Waals surface area contributed by atoms with Crippen LogP contribution in [0.3, 0.4) is 0 Å². The van der Waals surface area contributed by atoms with Gasteiger partial charge >= 0.3 is 0 Å². The van der Waals surface area contributed by atoms with Crippen molar-refractivity contribution >= 4 is 33.3 Å². The lowest BCUT2D eigenvalue weighted by atomic mass is 10.1. The molecule has 0 aliphatic rings. The molecule has 0 aliphatic carbocycles. The van der Waals surface area contributed by atoms with Crippen LogP contribution in [0.15, 0.2) is 28.7 Å². The van der Waals surface area contributed by atoms with Crippen LogP contribution in [0.1, 0.15) is 30.9 Å². The van der Waals surface area contributed by atoms with Gasteiger partial charge in [-0.05, 0) is 47.0 Å². The Balaban J connectivity index is 2.31. The minimum atomic E-state index is 0.704. The highest BCUT2D eigenvalue weighted by Gasteiger charge is 2.11. The largest absolute Gasteiger partial charge is 0.369 e. The highest BCUT2D eigenvalue weighted by atomic mass is 79.9. The molecule has 20 heavy (non-hydrogen) atoms. The zero-order valence-corrected chi connectivity index (χ0v) is 13.9. The normalized spacial score (nSPS) is 10.6. The minimum absolute atomic E-state index is 0.704. The fourth-order valence-electron chi connectivity index (χ4n) is 1.93. The summed E-state index contributed by atoms with van der Waals surface area (Å²) in [4.78, 5) is 9.21. The number of hydrogen-bond donors (Lipinski definition) is 1. The van der Waals surface area contributed by atoms with Gasteiger partial charge in [0.1, 0.15) is 11.6 Å². The summed E-state index contributed by atoms with van der Waals surface area (Å²) in [5.41, 5.74) is 2.18. The molecular weight excluding hydrogens is 338 g/mol. The average molecular weight is 355 g/mol. The van der Waals surface area contributed by atoms with Gasteiger partial charge in [0.25, 0.3) is 0 Å². The summed E-state index contributed by atoms with van der Waals surface area (Å²) < 4.78 is 0.960. The zero-order valence-electron chi connectivity index (χ0n) is 11.6. The topological polar surface area (TPSA) is 37.8 Å². The van der Waals surface area contributed by atoms with E-state index >= 15 is 0 Å². The Bertz CT molecular complexity index is 584. The molecule has 5 heteroatoms. The van der Waals surface area contributed by atoms with Gasteiger partial charge in [-0.1, -0.05) is 30.7 Å². The standard InChI is InChI=1S/C15H17BrClN3/c1-3-12-14(16)15(18-4-2)20-13(19-12)9-10-5-7-11(17)8-6-10/h5-8H,3-4,9H2,1-2H3,(H,18,19,20). The number of nitrogens with one attached hydrogen (secondary N) is 1. The summed E-state index contributed by atoms with van der Waals surface area (Å²) in [7, 11) is 0. The van der Waals surface area contributed by atoms with Crippen molar-refractivity contribution in [2.45, 2.75) is 26.7 Å². The molecule has 3 nitrogen and oxygen atoms in total. The lowest BCUT2D eigenvalue weighted by Gasteiger charge is -2.11. The SMILES string of the molecule is CCNc1nc(Cc2ccc(Cl)cc2)nc(CC)c1Br. The molecule has 0 saturated heterocycles. The molecule has 0 saturated carbocycles. The van der Waals surface area contributed by atoms with Crippen molar-refractivity contribution in [3.8, 4) is 0 Å². The summed E-state index contributed by atoms with van der Waals surface area (Å²) in [6.07, 6.45) is 1.57. The van der Waals surface area contributed by atoms with Gasteiger partial charge in [-0.15, -0.1) is 0 Å². The average Bonchev–Trinajstić information content (AvgIpc) is 2.45. The second-order valence-corrected chi connectivity index (χ2v) is 5.67. The molecule has 106 valence electrons. The monoisotopic (exact) mass is 353 g/mol. The lowest BCUT2D eigenvalue weighted by molar-refractivity contribution is 0.894. The highest BCUT2D eigenvalue weighted by molar-refractivity contribution is 9.10. The Kier molecular flexibility index (Phi) is 5.38. The van der Waals surface area contributed by atoms with Crippen molar-refractivity contribution in [1.82, 2.24) is 9.97 Å². The van der Waals surface area contributed by atoms with Crippen LogP contribution in [-0.4, -0.2) is 16.5 Å². The molecule has 2 aromatic rings. The van der Waals surface area contributed by atoms with Crippen LogP contribution < -0.4 is 5.32 Å². The van der Waals surface area contributed by atoms with Gasteiger partial charge in [-0.3, -0.25) is 0 Å². The van der Waals surface area contributed by atoms with E-state index < -0.39 is 0 Å². The fraction of sp³-hybridized carbons (Fsp3) is 0.333. The predicted octanol–water partition coefficient (Wildman–Crippen LogP) is 4.48. The second-order valence-electron chi connectivity index (χ2n) is 4.44. The molecule has 2 rings (SSSR count). The van der Waals surface area contributed by atoms with Crippen LogP contribution in [0.5, 0.6) is 0 Å². The quantitative estimate of drug-likeness (QED) is 0.860. The third kappa shape index (κ3) is 3.70. The van der Waals surface area contributed by atoms with Crippen LogP contribution >= 0.6 is 27.5 Å². The van der Waals surface area contributed by atoms with Crippen LogP contribution in [0.25, 0.3) is 0 Å². The van der Waals surface area contributed by atoms with E-state index in [1.165, 1.54) is 0 Å². The van der Waals surface area contributed by atoms with Crippen molar-refractivity contribution in [1.29, 1.82) is 0 Å². The van der Waals surface area contributed by atoms with E-state index in [4.69, 9.17) is 11.6 Å².